The molecular formula is C35H43NO8. The Morgan fingerprint density at radius 1 is 0.773 bits per heavy atom. The molecular weight excluding hydrogens is 562 g/mol. The van der Waals surface area contributed by atoms with E-state index in [4.69, 9.17) is 28.4 Å². The van der Waals surface area contributed by atoms with E-state index >= 15 is 0 Å². The first-order chi connectivity index (χ1) is 21.4. The smallest absolute Gasteiger partial charge is 0.310 e. The van der Waals surface area contributed by atoms with Gasteiger partial charge in [-0.15, -0.1) is 0 Å². The monoisotopic (exact) mass is 605 g/mol. The molecule has 0 saturated carbocycles. The maximum absolute atomic E-state index is 12.4. The molecule has 3 aromatic carbocycles. The maximum atomic E-state index is 12.4. The minimum absolute atomic E-state index is 0.120. The standard InChI is InChI=1S/C35H43NO8/c1-5-41-34(38)27-7-6-20-36(25-27)21-22-44-35(28-8-14-31(39-3)15-9-28,29-10-16-32(40-4)17-11-29)30-12-18-33(19-13-30)43-24-23-42-26(2)37/h8-19,27H,5-7,20-25H2,1-4H3. The highest BCUT2D eigenvalue weighted by atomic mass is 16.6. The van der Waals surface area contributed by atoms with E-state index in [0.29, 0.717) is 32.1 Å². The highest BCUT2D eigenvalue weighted by Gasteiger charge is 2.38. The Morgan fingerprint density at radius 2 is 1.32 bits per heavy atom. The third-order valence-corrected chi connectivity index (χ3v) is 7.76. The lowest BCUT2D eigenvalue weighted by Crippen LogP contribution is -2.42. The van der Waals surface area contributed by atoms with Crippen molar-refractivity contribution in [1.82, 2.24) is 4.90 Å². The number of likely N-dealkylation sites (tertiary alicyclic amines) is 1. The first-order valence-electron chi connectivity index (χ1n) is 15.1. The van der Waals surface area contributed by atoms with Crippen LogP contribution in [-0.4, -0.2) is 77.1 Å². The van der Waals surface area contributed by atoms with Gasteiger partial charge in [-0.1, -0.05) is 36.4 Å². The first-order valence-corrected chi connectivity index (χ1v) is 15.1. The van der Waals surface area contributed by atoms with Gasteiger partial charge in [0.2, 0.25) is 0 Å². The average molecular weight is 606 g/mol. The van der Waals surface area contributed by atoms with Crippen molar-refractivity contribution < 1.29 is 38.0 Å². The van der Waals surface area contributed by atoms with Crippen molar-refractivity contribution in [1.29, 1.82) is 0 Å². The topological polar surface area (TPSA) is 92.8 Å². The largest absolute Gasteiger partial charge is 0.497 e. The highest BCUT2D eigenvalue weighted by molar-refractivity contribution is 5.72. The van der Waals surface area contributed by atoms with Crippen LogP contribution in [0.1, 0.15) is 43.4 Å². The number of nitrogens with zero attached hydrogens (tertiary/aromatic N) is 1. The molecule has 1 aliphatic rings. The molecule has 3 aromatic rings. The van der Waals surface area contributed by atoms with Crippen LogP contribution in [0, 0.1) is 5.92 Å². The van der Waals surface area contributed by atoms with Gasteiger partial charge in [-0.25, -0.2) is 0 Å². The lowest BCUT2D eigenvalue weighted by Gasteiger charge is -2.38. The molecule has 4 rings (SSSR count). The summed E-state index contributed by atoms with van der Waals surface area (Å²) in [7, 11) is 3.29. The van der Waals surface area contributed by atoms with Gasteiger partial charge in [-0.05, 0) is 79.4 Å². The van der Waals surface area contributed by atoms with Crippen LogP contribution in [0.15, 0.2) is 72.8 Å². The Morgan fingerprint density at radius 3 is 1.82 bits per heavy atom. The predicted octanol–water partition coefficient (Wildman–Crippen LogP) is 5.23. The molecule has 1 fully saturated rings. The molecule has 236 valence electrons. The Hall–Kier alpha value is -4.08. The van der Waals surface area contributed by atoms with Gasteiger partial charge in [-0.3, -0.25) is 9.59 Å². The molecule has 9 heteroatoms. The van der Waals surface area contributed by atoms with Gasteiger partial charge in [0.1, 0.15) is 36.1 Å². The number of carbonyl (C=O) groups excluding carboxylic acids is 2. The maximum Gasteiger partial charge on any atom is 0.310 e. The van der Waals surface area contributed by atoms with Crippen molar-refractivity contribution in [2.75, 3.05) is 60.3 Å². The molecule has 0 aliphatic carbocycles. The van der Waals surface area contributed by atoms with Crippen LogP contribution in [0.25, 0.3) is 0 Å². The van der Waals surface area contributed by atoms with Crippen LogP contribution < -0.4 is 14.2 Å². The number of hydrogen-bond acceptors (Lipinski definition) is 9. The van der Waals surface area contributed by atoms with Gasteiger partial charge in [-0.2, -0.15) is 0 Å². The minimum Gasteiger partial charge on any atom is -0.497 e. The summed E-state index contributed by atoms with van der Waals surface area (Å²) in [4.78, 5) is 25.8. The second kappa shape index (κ2) is 16.1. The van der Waals surface area contributed by atoms with Crippen LogP contribution in [0.2, 0.25) is 0 Å². The lowest BCUT2D eigenvalue weighted by molar-refractivity contribution is -0.150. The zero-order chi connectivity index (χ0) is 31.4. The molecule has 9 nitrogen and oxygen atoms in total. The van der Waals surface area contributed by atoms with Crippen LogP contribution in [0.5, 0.6) is 17.2 Å². The highest BCUT2D eigenvalue weighted by Crippen LogP contribution is 2.42. The molecule has 1 saturated heterocycles. The number of benzene rings is 3. The quantitative estimate of drug-likeness (QED) is 0.131. The van der Waals surface area contributed by atoms with Crippen molar-refractivity contribution in [2.45, 2.75) is 32.3 Å². The number of methoxy groups -OCH3 is 2. The van der Waals surface area contributed by atoms with E-state index in [1.54, 1.807) is 14.2 Å². The summed E-state index contributed by atoms with van der Waals surface area (Å²) in [5.41, 5.74) is 1.78. The molecule has 1 unspecified atom stereocenters. The fourth-order valence-corrected chi connectivity index (χ4v) is 5.57. The first kappa shape index (κ1) is 32.8. The van der Waals surface area contributed by atoms with Gasteiger partial charge in [0.25, 0.3) is 0 Å². The molecule has 0 amide bonds. The van der Waals surface area contributed by atoms with Crippen molar-refractivity contribution in [3.63, 3.8) is 0 Å². The molecule has 1 heterocycles. The number of esters is 2. The summed E-state index contributed by atoms with van der Waals surface area (Å²) in [6.07, 6.45) is 1.78. The Balaban J connectivity index is 1.66. The molecule has 1 atom stereocenters. The van der Waals surface area contributed by atoms with Crippen molar-refractivity contribution in [3.8, 4) is 17.2 Å². The minimum atomic E-state index is -0.981. The van der Waals surface area contributed by atoms with Gasteiger partial charge < -0.3 is 33.3 Å². The zero-order valence-corrected chi connectivity index (χ0v) is 26.1. The van der Waals surface area contributed by atoms with Crippen molar-refractivity contribution >= 4 is 11.9 Å². The Kier molecular flexibility index (Phi) is 12.0. The van der Waals surface area contributed by atoms with Crippen molar-refractivity contribution in [3.05, 3.63) is 89.5 Å². The molecule has 1 aliphatic heterocycles. The van der Waals surface area contributed by atoms with Gasteiger partial charge in [0.15, 0.2) is 0 Å². The van der Waals surface area contributed by atoms with E-state index in [0.717, 1.165) is 47.6 Å². The number of carbonyl (C=O) groups is 2. The zero-order valence-electron chi connectivity index (χ0n) is 26.1. The second-order valence-electron chi connectivity index (χ2n) is 10.6. The number of ether oxygens (including phenoxy) is 6. The molecule has 44 heavy (non-hydrogen) atoms. The van der Waals surface area contributed by atoms with E-state index in [2.05, 4.69) is 4.90 Å². The van der Waals surface area contributed by atoms with Crippen LogP contribution in [0.4, 0.5) is 0 Å². The van der Waals surface area contributed by atoms with Crippen LogP contribution in [0.3, 0.4) is 0 Å². The van der Waals surface area contributed by atoms with E-state index < -0.39 is 5.60 Å². The second-order valence-corrected chi connectivity index (χ2v) is 10.6. The summed E-state index contributed by atoms with van der Waals surface area (Å²) in [5, 5.41) is 0. The van der Waals surface area contributed by atoms with Crippen LogP contribution in [-0.2, 0) is 29.4 Å². The van der Waals surface area contributed by atoms with Gasteiger partial charge in [0.05, 0.1) is 33.4 Å². The van der Waals surface area contributed by atoms with E-state index in [-0.39, 0.29) is 31.1 Å². The molecule has 0 spiro atoms. The van der Waals surface area contributed by atoms with E-state index in [9.17, 15) is 9.59 Å². The fraction of sp³-hybridized carbons (Fsp3) is 0.429. The van der Waals surface area contributed by atoms with Gasteiger partial charge in [0, 0.05) is 20.0 Å². The molecule has 0 bridgehead atoms. The summed E-state index contributed by atoms with van der Waals surface area (Å²) < 4.78 is 34.0. The van der Waals surface area contributed by atoms with E-state index in [1.165, 1.54) is 6.92 Å². The lowest BCUT2D eigenvalue weighted by atomic mass is 9.80. The van der Waals surface area contributed by atoms with E-state index in [1.807, 2.05) is 79.7 Å². The Bertz CT molecular complexity index is 1280. The molecule has 0 aromatic heterocycles. The summed E-state index contributed by atoms with van der Waals surface area (Å²) in [6, 6.07) is 23.6. The summed E-state index contributed by atoms with van der Waals surface area (Å²) in [5.74, 6) is 1.55. The SMILES string of the molecule is CCOC(=O)C1CCCN(CCOC(c2ccc(OC)cc2)(c2ccc(OC)cc2)c2ccc(OCCOC(C)=O)cc2)C1. The Labute approximate surface area is 260 Å². The third kappa shape index (κ3) is 8.30. The summed E-state index contributed by atoms with van der Waals surface area (Å²) >= 11 is 0. The number of rotatable bonds is 15. The number of piperidine rings is 1. The number of hydrogen-bond donors (Lipinski definition) is 0. The normalized spacial score (nSPS) is 15.3. The molecule has 0 N–H and O–H groups in total. The third-order valence-electron chi connectivity index (χ3n) is 7.76. The summed E-state index contributed by atoms with van der Waals surface area (Å²) in [6.45, 7) is 6.64. The average Bonchev–Trinajstić information content (AvgIpc) is 3.06. The fourth-order valence-electron chi connectivity index (χ4n) is 5.57. The van der Waals surface area contributed by atoms with Gasteiger partial charge >= 0.3 is 11.9 Å². The predicted molar refractivity (Wildman–Crippen MR) is 166 cm³/mol. The van der Waals surface area contributed by atoms with Crippen LogP contribution >= 0.6 is 0 Å². The van der Waals surface area contributed by atoms with Crippen molar-refractivity contribution in [2.24, 2.45) is 5.92 Å². The molecule has 0 radical (unpaired) electrons.